The summed E-state index contributed by atoms with van der Waals surface area (Å²) in [6.45, 7) is 0.675. The van der Waals surface area contributed by atoms with E-state index < -0.39 is 0 Å². The van der Waals surface area contributed by atoms with Crippen LogP contribution in [0.2, 0.25) is 0 Å². The Morgan fingerprint density at radius 2 is 1.67 bits per heavy atom. The summed E-state index contributed by atoms with van der Waals surface area (Å²) in [7, 11) is 4.64. The SMILES string of the molecule is COc1cc(OC)c(C(=O)N2CCCc3ccccc32)c(OC)c1. The summed E-state index contributed by atoms with van der Waals surface area (Å²) in [5.41, 5.74) is 2.55. The van der Waals surface area contributed by atoms with Crippen molar-refractivity contribution >= 4 is 11.6 Å². The average molecular weight is 327 g/mol. The molecule has 3 rings (SSSR count). The van der Waals surface area contributed by atoms with Crippen LogP contribution in [-0.2, 0) is 6.42 Å². The molecule has 0 saturated heterocycles. The van der Waals surface area contributed by atoms with E-state index in [1.165, 1.54) is 19.8 Å². The number of amides is 1. The quantitative estimate of drug-likeness (QED) is 0.864. The minimum Gasteiger partial charge on any atom is -0.496 e. The average Bonchev–Trinajstić information content (AvgIpc) is 2.65. The number of benzene rings is 2. The zero-order valence-corrected chi connectivity index (χ0v) is 14.2. The number of methoxy groups -OCH3 is 3. The number of carbonyl (C=O) groups is 1. The van der Waals surface area contributed by atoms with Crippen LogP contribution in [-0.4, -0.2) is 33.8 Å². The molecule has 1 heterocycles. The number of ether oxygens (including phenoxy) is 3. The highest BCUT2D eigenvalue weighted by Gasteiger charge is 2.28. The fourth-order valence-corrected chi connectivity index (χ4v) is 3.10. The molecule has 24 heavy (non-hydrogen) atoms. The number of anilines is 1. The van der Waals surface area contributed by atoms with E-state index in [0.717, 1.165) is 18.5 Å². The third-order valence-electron chi connectivity index (χ3n) is 4.28. The van der Waals surface area contributed by atoms with E-state index in [4.69, 9.17) is 14.2 Å². The van der Waals surface area contributed by atoms with E-state index in [1.54, 1.807) is 24.1 Å². The Hall–Kier alpha value is -2.69. The van der Waals surface area contributed by atoms with Gasteiger partial charge in [-0.15, -0.1) is 0 Å². The minimum absolute atomic E-state index is 0.126. The Bertz CT molecular complexity index is 732. The van der Waals surface area contributed by atoms with E-state index in [9.17, 15) is 4.79 Å². The molecule has 0 N–H and O–H groups in total. The van der Waals surface area contributed by atoms with Crippen LogP contribution in [0.1, 0.15) is 22.3 Å². The third-order valence-corrected chi connectivity index (χ3v) is 4.28. The Balaban J connectivity index is 2.08. The van der Waals surface area contributed by atoms with Crippen molar-refractivity contribution in [3.8, 4) is 17.2 Å². The molecular weight excluding hydrogens is 306 g/mol. The van der Waals surface area contributed by atoms with E-state index in [0.29, 0.717) is 29.4 Å². The molecule has 0 aliphatic carbocycles. The molecule has 5 nitrogen and oxygen atoms in total. The van der Waals surface area contributed by atoms with Gasteiger partial charge in [0.1, 0.15) is 22.8 Å². The molecule has 1 amide bonds. The molecule has 0 bridgehead atoms. The molecule has 0 radical (unpaired) electrons. The number of aryl methyl sites for hydroxylation is 1. The van der Waals surface area contributed by atoms with Gasteiger partial charge >= 0.3 is 0 Å². The first kappa shape index (κ1) is 16.2. The first-order valence-electron chi connectivity index (χ1n) is 7.89. The Kier molecular flexibility index (Phi) is 4.60. The maximum Gasteiger partial charge on any atom is 0.265 e. The van der Waals surface area contributed by atoms with E-state index in [2.05, 4.69) is 6.07 Å². The lowest BCUT2D eigenvalue weighted by Crippen LogP contribution is -2.35. The number of nitrogens with zero attached hydrogens (tertiary/aromatic N) is 1. The highest BCUT2D eigenvalue weighted by molar-refractivity contribution is 6.10. The van der Waals surface area contributed by atoms with Crippen molar-refractivity contribution in [2.24, 2.45) is 0 Å². The monoisotopic (exact) mass is 327 g/mol. The van der Waals surface area contributed by atoms with Crippen molar-refractivity contribution in [3.63, 3.8) is 0 Å². The summed E-state index contributed by atoms with van der Waals surface area (Å²) >= 11 is 0. The van der Waals surface area contributed by atoms with Crippen molar-refractivity contribution in [3.05, 3.63) is 47.5 Å². The molecule has 0 spiro atoms. The van der Waals surface area contributed by atoms with Gasteiger partial charge in [-0.3, -0.25) is 4.79 Å². The fraction of sp³-hybridized carbons (Fsp3) is 0.316. The lowest BCUT2D eigenvalue weighted by atomic mass is 10.0. The lowest BCUT2D eigenvalue weighted by Gasteiger charge is -2.30. The summed E-state index contributed by atoms with van der Waals surface area (Å²) in [6, 6.07) is 11.4. The smallest absolute Gasteiger partial charge is 0.265 e. The molecule has 126 valence electrons. The third kappa shape index (κ3) is 2.77. The maximum absolute atomic E-state index is 13.2. The zero-order valence-electron chi connectivity index (χ0n) is 14.2. The standard InChI is InChI=1S/C19H21NO4/c1-22-14-11-16(23-2)18(17(12-14)24-3)19(21)20-10-6-8-13-7-4-5-9-15(13)20/h4-5,7,9,11-12H,6,8,10H2,1-3H3. The molecule has 5 heteroatoms. The summed E-state index contributed by atoms with van der Waals surface area (Å²) in [6.07, 6.45) is 1.92. The van der Waals surface area contributed by atoms with Crippen LogP contribution in [0.4, 0.5) is 5.69 Å². The molecular formula is C19H21NO4. The highest BCUT2D eigenvalue weighted by Crippen LogP contribution is 2.37. The van der Waals surface area contributed by atoms with Crippen molar-refractivity contribution in [2.45, 2.75) is 12.8 Å². The Morgan fingerprint density at radius 3 is 2.29 bits per heavy atom. The summed E-state index contributed by atoms with van der Waals surface area (Å²) in [4.78, 5) is 15.0. The number of hydrogen-bond donors (Lipinski definition) is 0. The van der Waals surface area contributed by atoms with Gasteiger partial charge in [-0.2, -0.15) is 0 Å². The molecule has 0 aromatic heterocycles. The zero-order chi connectivity index (χ0) is 17.1. The second-order valence-corrected chi connectivity index (χ2v) is 5.60. The topological polar surface area (TPSA) is 48.0 Å². The molecule has 2 aromatic rings. The Labute approximate surface area is 141 Å². The summed E-state index contributed by atoms with van der Waals surface area (Å²) in [5.74, 6) is 1.34. The second-order valence-electron chi connectivity index (χ2n) is 5.60. The van der Waals surface area contributed by atoms with Crippen LogP contribution in [0.5, 0.6) is 17.2 Å². The summed E-state index contributed by atoms with van der Waals surface area (Å²) < 4.78 is 16.1. The predicted molar refractivity (Wildman–Crippen MR) is 92.5 cm³/mol. The van der Waals surface area contributed by atoms with E-state index in [-0.39, 0.29) is 5.91 Å². The van der Waals surface area contributed by atoms with Crippen molar-refractivity contribution in [1.29, 1.82) is 0 Å². The fourth-order valence-electron chi connectivity index (χ4n) is 3.10. The number of carbonyl (C=O) groups excluding carboxylic acids is 1. The largest absolute Gasteiger partial charge is 0.496 e. The van der Waals surface area contributed by atoms with Gasteiger partial charge < -0.3 is 19.1 Å². The summed E-state index contributed by atoms with van der Waals surface area (Å²) in [5, 5.41) is 0. The Morgan fingerprint density at radius 1 is 1.00 bits per heavy atom. The first-order chi connectivity index (χ1) is 11.7. The van der Waals surface area contributed by atoms with Crippen LogP contribution < -0.4 is 19.1 Å². The van der Waals surface area contributed by atoms with Crippen LogP contribution in [0, 0.1) is 0 Å². The van der Waals surface area contributed by atoms with Gasteiger partial charge in [-0.1, -0.05) is 18.2 Å². The maximum atomic E-state index is 13.2. The van der Waals surface area contributed by atoms with Gasteiger partial charge in [0.05, 0.1) is 21.3 Å². The second kappa shape index (κ2) is 6.83. The van der Waals surface area contributed by atoms with Gasteiger partial charge in [0.25, 0.3) is 5.91 Å². The van der Waals surface area contributed by atoms with Gasteiger partial charge in [0, 0.05) is 24.4 Å². The van der Waals surface area contributed by atoms with Crippen LogP contribution in [0.15, 0.2) is 36.4 Å². The highest BCUT2D eigenvalue weighted by atomic mass is 16.5. The van der Waals surface area contributed by atoms with Crippen LogP contribution >= 0.6 is 0 Å². The molecule has 0 fully saturated rings. The predicted octanol–water partition coefficient (Wildman–Crippen LogP) is 3.31. The molecule has 1 aliphatic heterocycles. The van der Waals surface area contributed by atoms with Gasteiger partial charge in [-0.25, -0.2) is 0 Å². The number of fused-ring (bicyclic) bond motifs is 1. The van der Waals surface area contributed by atoms with E-state index in [1.807, 2.05) is 18.2 Å². The van der Waals surface area contributed by atoms with Gasteiger partial charge in [0.15, 0.2) is 0 Å². The van der Waals surface area contributed by atoms with Crippen LogP contribution in [0.3, 0.4) is 0 Å². The lowest BCUT2D eigenvalue weighted by molar-refractivity contribution is 0.0979. The van der Waals surface area contributed by atoms with E-state index >= 15 is 0 Å². The normalized spacial score (nSPS) is 13.2. The molecule has 1 aliphatic rings. The number of para-hydroxylation sites is 1. The molecule has 2 aromatic carbocycles. The van der Waals surface area contributed by atoms with Gasteiger partial charge in [0.2, 0.25) is 0 Å². The van der Waals surface area contributed by atoms with Crippen molar-refractivity contribution in [2.75, 3.05) is 32.8 Å². The first-order valence-corrected chi connectivity index (χ1v) is 7.89. The number of hydrogen-bond acceptors (Lipinski definition) is 4. The van der Waals surface area contributed by atoms with Crippen molar-refractivity contribution in [1.82, 2.24) is 0 Å². The van der Waals surface area contributed by atoms with Crippen LogP contribution in [0.25, 0.3) is 0 Å². The molecule has 0 saturated carbocycles. The number of rotatable bonds is 4. The molecule has 0 atom stereocenters. The minimum atomic E-state index is -0.126. The van der Waals surface area contributed by atoms with Gasteiger partial charge in [-0.05, 0) is 24.5 Å². The van der Waals surface area contributed by atoms with Crippen molar-refractivity contribution < 1.29 is 19.0 Å². The molecule has 0 unspecified atom stereocenters.